The van der Waals surface area contributed by atoms with Crippen LogP contribution < -0.4 is 10.7 Å². The van der Waals surface area contributed by atoms with Gasteiger partial charge < -0.3 is 5.32 Å². The number of rotatable bonds is 9. The first-order valence-electron chi connectivity index (χ1n) is 7.81. The van der Waals surface area contributed by atoms with Crippen molar-refractivity contribution in [2.75, 3.05) is 12.3 Å². The largest absolute Gasteiger partial charge is 0.375 e. The molecule has 1 amide bonds. The van der Waals surface area contributed by atoms with Crippen LogP contribution in [0.25, 0.3) is 0 Å². The maximum atomic E-state index is 11.7. The van der Waals surface area contributed by atoms with Gasteiger partial charge in [-0.25, -0.2) is 5.43 Å². The highest BCUT2D eigenvalue weighted by Gasteiger charge is 2.08. The summed E-state index contributed by atoms with van der Waals surface area (Å²) in [5.41, 5.74) is 4.93. The van der Waals surface area contributed by atoms with Crippen LogP contribution in [0.4, 0.5) is 0 Å². The zero-order valence-electron chi connectivity index (χ0n) is 14.4. The van der Waals surface area contributed by atoms with E-state index in [0.29, 0.717) is 4.99 Å². The Hall–Kier alpha value is -1.49. The minimum Gasteiger partial charge on any atom is -0.375 e. The standard InChI is InChI=1S/C16H19N5OS4/c1-3-17-14(23)8-18-19-13(22)10-25-16-21-20-15(26-16)24-9-12-6-4-11(2)5-7-12/h4-8H,3,9-10H2,1-2H3,(H,17,23)(H,19,22). The number of hydrazone groups is 1. The van der Waals surface area contributed by atoms with E-state index in [2.05, 4.69) is 57.2 Å². The fourth-order valence-corrected chi connectivity index (χ4v) is 4.65. The molecule has 0 fully saturated rings. The van der Waals surface area contributed by atoms with Crippen LogP contribution in [0.3, 0.4) is 0 Å². The molecule has 1 aromatic carbocycles. The van der Waals surface area contributed by atoms with Crippen molar-refractivity contribution in [1.82, 2.24) is 20.9 Å². The van der Waals surface area contributed by atoms with Gasteiger partial charge in [0.2, 0.25) is 0 Å². The van der Waals surface area contributed by atoms with Crippen LogP contribution in [0, 0.1) is 6.92 Å². The summed E-state index contributed by atoms with van der Waals surface area (Å²) in [6.45, 7) is 4.73. The second-order valence-electron chi connectivity index (χ2n) is 5.08. The summed E-state index contributed by atoms with van der Waals surface area (Å²) in [5.74, 6) is 0.859. The van der Waals surface area contributed by atoms with Crippen LogP contribution in [0.2, 0.25) is 0 Å². The molecule has 0 radical (unpaired) electrons. The molecular formula is C16H19N5OS4. The smallest absolute Gasteiger partial charge is 0.250 e. The van der Waals surface area contributed by atoms with Crippen molar-refractivity contribution in [3.63, 3.8) is 0 Å². The monoisotopic (exact) mass is 425 g/mol. The molecule has 26 heavy (non-hydrogen) atoms. The Morgan fingerprint density at radius 1 is 1.27 bits per heavy atom. The van der Waals surface area contributed by atoms with Crippen molar-refractivity contribution in [3.8, 4) is 0 Å². The highest BCUT2D eigenvalue weighted by atomic mass is 32.2. The molecule has 2 N–H and O–H groups in total. The van der Waals surface area contributed by atoms with Crippen molar-refractivity contribution in [2.24, 2.45) is 5.10 Å². The van der Waals surface area contributed by atoms with Crippen LogP contribution in [0.15, 0.2) is 38.0 Å². The number of aryl methyl sites for hydroxylation is 1. The molecular weight excluding hydrogens is 406 g/mol. The number of benzene rings is 1. The van der Waals surface area contributed by atoms with E-state index < -0.39 is 0 Å². The third kappa shape index (κ3) is 7.81. The molecule has 0 bridgehead atoms. The topological polar surface area (TPSA) is 79.3 Å². The number of hydrogen-bond acceptors (Lipinski definition) is 8. The van der Waals surface area contributed by atoms with Crippen LogP contribution in [0.1, 0.15) is 18.1 Å². The summed E-state index contributed by atoms with van der Waals surface area (Å²) >= 11 is 9.45. The Labute approximate surface area is 170 Å². The van der Waals surface area contributed by atoms with Crippen LogP contribution >= 0.6 is 47.1 Å². The van der Waals surface area contributed by atoms with Crippen molar-refractivity contribution >= 4 is 64.2 Å². The normalized spacial score (nSPS) is 10.8. The first-order chi connectivity index (χ1) is 12.6. The van der Waals surface area contributed by atoms with Crippen LogP contribution in [-0.2, 0) is 10.5 Å². The Morgan fingerprint density at radius 3 is 2.65 bits per heavy atom. The molecule has 0 aliphatic carbocycles. The zero-order chi connectivity index (χ0) is 18.8. The van der Waals surface area contributed by atoms with E-state index in [-0.39, 0.29) is 11.7 Å². The van der Waals surface area contributed by atoms with Gasteiger partial charge >= 0.3 is 0 Å². The molecule has 0 saturated carbocycles. The lowest BCUT2D eigenvalue weighted by Gasteiger charge is -1.99. The van der Waals surface area contributed by atoms with Crippen LogP contribution in [-0.4, -0.2) is 39.6 Å². The van der Waals surface area contributed by atoms with E-state index in [1.807, 2.05) is 6.92 Å². The second-order valence-corrected chi connectivity index (χ2v) is 8.95. The van der Waals surface area contributed by atoms with Gasteiger partial charge in [0.15, 0.2) is 8.68 Å². The number of carbonyl (C=O) groups excluding carboxylic acids is 1. The fourth-order valence-electron chi connectivity index (χ4n) is 1.69. The molecule has 1 heterocycles. The lowest BCUT2D eigenvalue weighted by molar-refractivity contribution is -0.118. The van der Waals surface area contributed by atoms with Gasteiger partial charge in [-0.1, -0.05) is 76.9 Å². The molecule has 2 aromatic rings. The van der Waals surface area contributed by atoms with Gasteiger partial charge in [-0.05, 0) is 19.4 Å². The molecule has 6 nitrogen and oxygen atoms in total. The first-order valence-corrected chi connectivity index (χ1v) is 11.0. The lowest BCUT2D eigenvalue weighted by atomic mass is 10.2. The summed E-state index contributed by atoms with van der Waals surface area (Å²) in [6, 6.07) is 8.43. The van der Waals surface area contributed by atoms with E-state index >= 15 is 0 Å². The molecule has 10 heteroatoms. The van der Waals surface area contributed by atoms with Crippen molar-refractivity contribution in [1.29, 1.82) is 0 Å². The molecule has 0 aliphatic heterocycles. The van der Waals surface area contributed by atoms with Gasteiger partial charge in [0.05, 0.1) is 12.0 Å². The molecule has 0 unspecified atom stereocenters. The Balaban J connectivity index is 1.71. The number of hydrogen-bond donors (Lipinski definition) is 2. The average molecular weight is 426 g/mol. The fraction of sp³-hybridized carbons (Fsp3) is 0.312. The molecule has 0 aliphatic rings. The molecule has 138 valence electrons. The van der Waals surface area contributed by atoms with Gasteiger partial charge in [0, 0.05) is 12.3 Å². The maximum absolute atomic E-state index is 11.7. The van der Waals surface area contributed by atoms with Gasteiger partial charge in [0.1, 0.15) is 4.99 Å². The summed E-state index contributed by atoms with van der Waals surface area (Å²) in [5, 5.41) is 15.0. The van der Waals surface area contributed by atoms with Gasteiger partial charge in [0.25, 0.3) is 5.91 Å². The number of nitrogens with one attached hydrogen (secondary N) is 2. The van der Waals surface area contributed by atoms with Crippen molar-refractivity contribution in [3.05, 3.63) is 35.4 Å². The van der Waals surface area contributed by atoms with Gasteiger partial charge in [-0.3, -0.25) is 4.79 Å². The third-order valence-corrected chi connectivity index (χ3v) is 6.43. The quantitative estimate of drug-likeness (QED) is 0.276. The molecule has 2 rings (SSSR count). The van der Waals surface area contributed by atoms with E-state index in [0.717, 1.165) is 21.0 Å². The SMILES string of the molecule is CCNC(=S)C=NNC(=O)CSc1nnc(SCc2ccc(C)cc2)s1. The van der Waals surface area contributed by atoms with E-state index in [1.54, 1.807) is 11.8 Å². The number of amides is 1. The van der Waals surface area contributed by atoms with E-state index in [9.17, 15) is 4.79 Å². The third-order valence-electron chi connectivity index (χ3n) is 2.92. The summed E-state index contributed by atoms with van der Waals surface area (Å²) in [6.07, 6.45) is 1.41. The minimum atomic E-state index is -0.213. The number of thiocarbonyl (C=S) groups is 1. The second kappa shape index (κ2) is 11.3. The summed E-state index contributed by atoms with van der Waals surface area (Å²) in [4.78, 5) is 12.2. The highest BCUT2D eigenvalue weighted by Crippen LogP contribution is 2.30. The molecule has 1 aromatic heterocycles. The summed E-state index contributed by atoms with van der Waals surface area (Å²) < 4.78 is 1.65. The summed E-state index contributed by atoms with van der Waals surface area (Å²) in [7, 11) is 0. The predicted molar refractivity (Wildman–Crippen MR) is 114 cm³/mol. The van der Waals surface area contributed by atoms with Crippen molar-refractivity contribution < 1.29 is 4.79 Å². The number of carbonyl (C=O) groups is 1. The van der Waals surface area contributed by atoms with E-state index in [4.69, 9.17) is 12.2 Å². The van der Waals surface area contributed by atoms with Gasteiger partial charge in [-0.15, -0.1) is 10.2 Å². The Morgan fingerprint density at radius 2 is 1.96 bits per heavy atom. The van der Waals surface area contributed by atoms with Crippen LogP contribution in [0.5, 0.6) is 0 Å². The lowest BCUT2D eigenvalue weighted by Crippen LogP contribution is -2.25. The Bertz CT molecular complexity index is 760. The zero-order valence-corrected chi connectivity index (χ0v) is 17.7. The van der Waals surface area contributed by atoms with E-state index in [1.165, 1.54) is 40.4 Å². The van der Waals surface area contributed by atoms with Gasteiger partial charge in [-0.2, -0.15) is 5.10 Å². The first kappa shape index (κ1) is 20.8. The molecule has 0 atom stereocenters. The number of nitrogens with zero attached hydrogens (tertiary/aromatic N) is 3. The average Bonchev–Trinajstić information content (AvgIpc) is 3.08. The molecule has 0 spiro atoms. The molecule has 0 saturated heterocycles. The maximum Gasteiger partial charge on any atom is 0.250 e. The predicted octanol–water partition coefficient (Wildman–Crippen LogP) is 3.27. The Kier molecular flexibility index (Phi) is 9.02. The number of thioether (sulfide) groups is 2. The highest BCUT2D eigenvalue weighted by molar-refractivity contribution is 8.03. The number of aromatic nitrogens is 2. The van der Waals surface area contributed by atoms with Crippen molar-refractivity contribution in [2.45, 2.75) is 28.3 Å². The minimum absolute atomic E-state index is 0.213.